The number of hydrogen-bond acceptors (Lipinski definition) is 4. The lowest BCUT2D eigenvalue weighted by molar-refractivity contribution is 0.0686. The van der Waals surface area contributed by atoms with Gasteiger partial charge >= 0.3 is 5.97 Å². The molecule has 0 amide bonds. The lowest BCUT2D eigenvalue weighted by Gasteiger charge is -2.10. The lowest BCUT2D eigenvalue weighted by Crippen LogP contribution is -2.24. The van der Waals surface area contributed by atoms with Gasteiger partial charge in [0.25, 0.3) is 0 Å². The van der Waals surface area contributed by atoms with Crippen molar-refractivity contribution in [2.45, 2.75) is 13.3 Å². The van der Waals surface area contributed by atoms with Gasteiger partial charge in [-0.2, -0.15) is 5.10 Å². The van der Waals surface area contributed by atoms with Crippen LogP contribution in [0.4, 0.5) is 4.39 Å². The van der Waals surface area contributed by atoms with Crippen molar-refractivity contribution in [1.29, 1.82) is 0 Å². The van der Waals surface area contributed by atoms with Gasteiger partial charge in [0, 0.05) is 17.8 Å². The molecule has 0 saturated heterocycles. The summed E-state index contributed by atoms with van der Waals surface area (Å²) in [7, 11) is 1.43. The maximum absolute atomic E-state index is 13.9. The average Bonchev–Trinajstić information content (AvgIpc) is 2.48. The quantitative estimate of drug-likeness (QED) is 0.926. The number of halogens is 1. The van der Waals surface area contributed by atoms with Gasteiger partial charge in [-0.15, -0.1) is 0 Å². The highest BCUT2D eigenvalue weighted by atomic mass is 19.1. The molecule has 6 nitrogen and oxygen atoms in total. The maximum atomic E-state index is 13.9. The van der Waals surface area contributed by atoms with Crippen LogP contribution in [0.25, 0.3) is 5.69 Å². The molecule has 0 fully saturated rings. The zero-order chi connectivity index (χ0) is 15.6. The molecular weight excluding hydrogens is 279 g/mol. The first-order valence-electron chi connectivity index (χ1n) is 6.18. The van der Waals surface area contributed by atoms with Gasteiger partial charge in [-0.25, -0.2) is 13.9 Å². The normalized spacial score (nSPS) is 10.4. The highest BCUT2D eigenvalue weighted by Crippen LogP contribution is 2.19. The molecule has 21 heavy (non-hydrogen) atoms. The number of hydrogen-bond donors (Lipinski definition) is 1. The Morgan fingerprint density at radius 2 is 2.19 bits per heavy atom. The summed E-state index contributed by atoms with van der Waals surface area (Å²) < 4.78 is 20.0. The molecule has 0 saturated carbocycles. The molecule has 0 bridgehead atoms. The van der Waals surface area contributed by atoms with Crippen LogP contribution < -0.4 is 10.2 Å². The molecule has 0 aliphatic rings. The van der Waals surface area contributed by atoms with E-state index in [1.807, 2.05) is 0 Å². The zero-order valence-corrected chi connectivity index (χ0v) is 11.5. The van der Waals surface area contributed by atoms with Crippen LogP contribution >= 0.6 is 0 Å². The van der Waals surface area contributed by atoms with E-state index in [0.29, 0.717) is 12.2 Å². The predicted molar refractivity (Wildman–Crippen MR) is 72.7 cm³/mol. The van der Waals surface area contributed by atoms with Crippen molar-refractivity contribution >= 4 is 5.97 Å². The number of benzene rings is 1. The first-order chi connectivity index (χ1) is 9.97. The number of aryl methyl sites for hydroxylation is 1. The molecule has 0 aliphatic heterocycles. The molecule has 2 aromatic rings. The Hall–Kier alpha value is -2.70. The van der Waals surface area contributed by atoms with Gasteiger partial charge in [0.1, 0.15) is 17.3 Å². The SMILES string of the molecule is CCc1cn(-c2cc(OC)ccc2F)nc(C(=O)O)c1=O. The summed E-state index contributed by atoms with van der Waals surface area (Å²) in [6.45, 7) is 1.70. The minimum atomic E-state index is -1.45. The van der Waals surface area contributed by atoms with E-state index in [1.165, 1.54) is 31.5 Å². The minimum Gasteiger partial charge on any atom is -0.497 e. The fraction of sp³-hybridized carbons (Fsp3) is 0.214. The van der Waals surface area contributed by atoms with Crippen LogP contribution in [0.5, 0.6) is 5.75 Å². The van der Waals surface area contributed by atoms with E-state index in [2.05, 4.69) is 5.10 Å². The van der Waals surface area contributed by atoms with Gasteiger partial charge in [0.15, 0.2) is 0 Å². The third-order valence-corrected chi connectivity index (χ3v) is 2.98. The summed E-state index contributed by atoms with van der Waals surface area (Å²) in [5, 5.41) is 12.7. The van der Waals surface area contributed by atoms with Gasteiger partial charge < -0.3 is 9.84 Å². The van der Waals surface area contributed by atoms with Crippen LogP contribution in [0.3, 0.4) is 0 Å². The molecule has 1 aromatic carbocycles. The van der Waals surface area contributed by atoms with E-state index in [4.69, 9.17) is 9.84 Å². The van der Waals surface area contributed by atoms with Crippen molar-refractivity contribution in [3.8, 4) is 11.4 Å². The molecule has 1 heterocycles. The number of carboxylic acids is 1. The molecule has 0 spiro atoms. The van der Waals surface area contributed by atoms with Crippen LogP contribution in [-0.4, -0.2) is 28.0 Å². The molecule has 0 radical (unpaired) electrons. The summed E-state index contributed by atoms with van der Waals surface area (Å²) >= 11 is 0. The topological polar surface area (TPSA) is 81.4 Å². The first kappa shape index (κ1) is 14.7. The molecule has 7 heteroatoms. The van der Waals surface area contributed by atoms with Crippen molar-refractivity contribution in [2.75, 3.05) is 7.11 Å². The minimum absolute atomic E-state index is 0.00606. The second-order valence-corrected chi connectivity index (χ2v) is 4.25. The average molecular weight is 292 g/mol. The largest absolute Gasteiger partial charge is 0.497 e. The highest BCUT2D eigenvalue weighted by molar-refractivity contribution is 5.85. The van der Waals surface area contributed by atoms with E-state index in [9.17, 15) is 14.0 Å². The number of aromatic carboxylic acids is 1. The number of methoxy groups -OCH3 is 1. The Bertz CT molecular complexity index is 755. The van der Waals surface area contributed by atoms with Crippen LogP contribution in [0.2, 0.25) is 0 Å². The monoisotopic (exact) mass is 292 g/mol. The Morgan fingerprint density at radius 1 is 1.48 bits per heavy atom. The van der Waals surface area contributed by atoms with Crippen LogP contribution in [0, 0.1) is 5.82 Å². The second-order valence-electron chi connectivity index (χ2n) is 4.25. The van der Waals surface area contributed by atoms with E-state index in [-0.39, 0.29) is 11.3 Å². The molecule has 0 atom stereocenters. The van der Waals surface area contributed by atoms with Gasteiger partial charge in [0.2, 0.25) is 11.1 Å². The second kappa shape index (κ2) is 5.74. The van der Waals surface area contributed by atoms with E-state index in [0.717, 1.165) is 4.68 Å². The highest BCUT2D eigenvalue weighted by Gasteiger charge is 2.17. The molecular formula is C14H13FN2O4. The van der Waals surface area contributed by atoms with Crippen molar-refractivity contribution in [3.05, 3.63) is 51.7 Å². The number of carbonyl (C=O) groups is 1. The number of carboxylic acid groups (broad SMARTS) is 1. The van der Waals surface area contributed by atoms with Crippen molar-refractivity contribution in [3.63, 3.8) is 0 Å². The Labute approximate surface area is 119 Å². The molecule has 1 N–H and O–H groups in total. The Morgan fingerprint density at radius 3 is 2.76 bits per heavy atom. The van der Waals surface area contributed by atoms with E-state index < -0.39 is 22.9 Å². The number of nitrogens with zero attached hydrogens (tertiary/aromatic N) is 2. The predicted octanol–water partition coefficient (Wildman–Crippen LogP) is 1.64. The summed E-state index contributed by atoms with van der Waals surface area (Å²) in [4.78, 5) is 22.9. The van der Waals surface area contributed by atoms with Gasteiger partial charge in [-0.3, -0.25) is 4.79 Å². The van der Waals surface area contributed by atoms with Gasteiger partial charge in [-0.1, -0.05) is 6.92 Å². The summed E-state index contributed by atoms with van der Waals surface area (Å²) in [5.41, 5.74) is -1.06. The summed E-state index contributed by atoms with van der Waals surface area (Å²) in [6, 6.07) is 3.98. The molecule has 2 rings (SSSR count). The Kier molecular flexibility index (Phi) is 4.02. The summed E-state index contributed by atoms with van der Waals surface area (Å²) in [5.74, 6) is -1.67. The first-order valence-corrected chi connectivity index (χ1v) is 6.18. The van der Waals surface area contributed by atoms with Crippen molar-refractivity contribution in [1.82, 2.24) is 9.78 Å². The van der Waals surface area contributed by atoms with Crippen LogP contribution in [0.15, 0.2) is 29.2 Å². The smallest absolute Gasteiger partial charge is 0.360 e. The van der Waals surface area contributed by atoms with E-state index >= 15 is 0 Å². The Balaban J connectivity index is 2.72. The fourth-order valence-electron chi connectivity index (χ4n) is 1.85. The molecule has 1 aromatic heterocycles. The lowest BCUT2D eigenvalue weighted by atomic mass is 10.2. The zero-order valence-electron chi connectivity index (χ0n) is 11.5. The molecule has 110 valence electrons. The standard InChI is InChI=1S/C14H13FN2O4/c1-3-8-7-17(16-12(13(8)18)14(19)20)11-6-9(21-2)4-5-10(11)15/h4-7H,3H2,1-2H3,(H,19,20). The molecule has 0 aliphatic carbocycles. The number of aromatic nitrogens is 2. The van der Waals surface area contributed by atoms with Gasteiger partial charge in [-0.05, 0) is 18.6 Å². The van der Waals surface area contributed by atoms with Gasteiger partial charge in [0.05, 0.1) is 7.11 Å². The fourth-order valence-corrected chi connectivity index (χ4v) is 1.85. The van der Waals surface area contributed by atoms with Crippen LogP contribution in [0.1, 0.15) is 23.0 Å². The van der Waals surface area contributed by atoms with Crippen LogP contribution in [-0.2, 0) is 6.42 Å². The third kappa shape index (κ3) is 2.76. The van der Waals surface area contributed by atoms with E-state index in [1.54, 1.807) is 6.92 Å². The maximum Gasteiger partial charge on any atom is 0.360 e. The third-order valence-electron chi connectivity index (χ3n) is 2.98. The molecule has 0 unspecified atom stereocenters. The van der Waals surface area contributed by atoms with Crippen molar-refractivity contribution < 1.29 is 19.0 Å². The summed E-state index contributed by atoms with van der Waals surface area (Å²) in [6.07, 6.45) is 1.64. The number of ether oxygens (including phenoxy) is 1. The number of rotatable bonds is 4. The van der Waals surface area contributed by atoms with Crippen molar-refractivity contribution in [2.24, 2.45) is 0 Å².